The zero-order valence-electron chi connectivity index (χ0n) is 5.79. The molecule has 62 valence electrons. The Morgan fingerprint density at radius 1 is 1.45 bits per heavy atom. The van der Waals surface area contributed by atoms with Crippen LogP contribution in [0.5, 0.6) is 5.75 Å². The van der Waals surface area contributed by atoms with Gasteiger partial charge in [0.05, 0.1) is 0 Å². The average molecular weight is 194 g/mol. The molecule has 0 amide bonds. The quantitative estimate of drug-likeness (QED) is 0.578. The van der Waals surface area contributed by atoms with Gasteiger partial charge in [0.1, 0.15) is 5.75 Å². The first-order chi connectivity index (χ1) is 4.83. The molecule has 0 radical (unpaired) electrons. The van der Waals surface area contributed by atoms with Crippen molar-refractivity contribution in [3.8, 4) is 5.75 Å². The molecule has 2 N–H and O–H groups in total. The van der Waals surface area contributed by atoms with Crippen molar-refractivity contribution in [1.82, 2.24) is 0 Å². The molecule has 1 aromatic carbocycles. The van der Waals surface area contributed by atoms with Crippen molar-refractivity contribution in [2.45, 2.75) is 0 Å². The van der Waals surface area contributed by atoms with Crippen LogP contribution in [0.4, 0.5) is 5.69 Å². The predicted octanol–water partition coefficient (Wildman–Crippen LogP) is 2.27. The molecular formula is C7H9Cl2NO. The van der Waals surface area contributed by atoms with E-state index in [1.54, 1.807) is 18.2 Å². The number of nitrogen functional groups attached to an aromatic ring is 1. The molecule has 1 aromatic rings. The fourth-order valence-corrected chi connectivity index (χ4v) is 0.793. The lowest BCUT2D eigenvalue weighted by molar-refractivity contribution is 0.388. The average Bonchev–Trinajstić information content (AvgIpc) is 1.88. The summed E-state index contributed by atoms with van der Waals surface area (Å²) < 4.78 is 4.97. The molecule has 4 heteroatoms. The van der Waals surface area contributed by atoms with Crippen molar-refractivity contribution in [2.75, 3.05) is 11.8 Å². The van der Waals surface area contributed by atoms with Crippen LogP contribution in [0.15, 0.2) is 24.3 Å². The number of benzene rings is 1. The summed E-state index contributed by atoms with van der Waals surface area (Å²) in [6.07, 6.45) is 0. The number of anilines is 1. The van der Waals surface area contributed by atoms with E-state index in [4.69, 9.17) is 22.1 Å². The maximum atomic E-state index is 5.47. The third-order valence-electron chi connectivity index (χ3n) is 1.08. The van der Waals surface area contributed by atoms with Gasteiger partial charge in [-0.2, -0.15) is 0 Å². The van der Waals surface area contributed by atoms with E-state index in [1.165, 1.54) is 0 Å². The Morgan fingerprint density at radius 2 is 2.18 bits per heavy atom. The predicted molar refractivity (Wildman–Crippen MR) is 49.5 cm³/mol. The number of ether oxygens (including phenoxy) is 1. The first-order valence-electron chi connectivity index (χ1n) is 2.87. The Hall–Kier alpha value is -0.600. The van der Waals surface area contributed by atoms with Crippen molar-refractivity contribution >= 4 is 29.7 Å². The van der Waals surface area contributed by atoms with E-state index in [0.717, 1.165) is 0 Å². The second-order valence-corrected chi connectivity index (χ2v) is 2.04. The Labute approximate surface area is 76.7 Å². The summed E-state index contributed by atoms with van der Waals surface area (Å²) in [6, 6.07) is 7.29. The maximum Gasteiger partial charge on any atom is 0.162 e. The van der Waals surface area contributed by atoms with Crippen LogP contribution >= 0.6 is 24.0 Å². The molecule has 0 spiro atoms. The molecule has 0 aromatic heterocycles. The zero-order valence-corrected chi connectivity index (χ0v) is 7.36. The minimum absolute atomic E-state index is 0. The smallest absolute Gasteiger partial charge is 0.162 e. The van der Waals surface area contributed by atoms with Gasteiger partial charge in [0.2, 0.25) is 0 Å². The van der Waals surface area contributed by atoms with Gasteiger partial charge >= 0.3 is 0 Å². The van der Waals surface area contributed by atoms with Gasteiger partial charge in [-0.3, -0.25) is 0 Å². The number of rotatable bonds is 2. The van der Waals surface area contributed by atoms with Crippen LogP contribution in [0.25, 0.3) is 0 Å². The van der Waals surface area contributed by atoms with E-state index in [9.17, 15) is 0 Å². The Kier molecular flexibility index (Phi) is 4.83. The van der Waals surface area contributed by atoms with Crippen LogP contribution in [-0.2, 0) is 0 Å². The van der Waals surface area contributed by atoms with E-state index >= 15 is 0 Å². The van der Waals surface area contributed by atoms with Gasteiger partial charge in [-0.1, -0.05) is 17.7 Å². The number of halogens is 2. The van der Waals surface area contributed by atoms with Gasteiger partial charge in [0.25, 0.3) is 0 Å². The molecule has 0 saturated carbocycles. The van der Waals surface area contributed by atoms with Crippen molar-refractivity contribution < 1.29 is 4.74 Å². The van der Waals surface area contributed by atoms with Gasteiger partial charge in [-0.05, 0) is 12.1 Å². The maximum absolute atomic E-state index is 5.47. The van der Waals surface area contributed by atoms with Crippen LogP contribution in [0.1, 0.15) is 0 Å². The Bertz CT molecular complexity index is 217. The van der Waals surface area contributed by atoms with Gasteiger partial charge in [-0.25, -0.2) is 0 Å². The standard InChI is InChI=1S/C7H8ClNO.ClH/c8-5-10-7-3-1-2-6(9)4-7;/h1-4H,5,9H2;1H. The molecule has 0 atom stereocenters. The van der Waals surface area contributed by atoms with E-state index < -0.39 is 0 Å². The molecule has 0 saturated heterocycles. The summed E-state index contributed by atoms with van der Waals surface area (Å²) >= 11 is 5.33. The molecule has 0 fully saturated rings. The van der Waals surface area contributed by atoms with Crippen LogP contribution in [0.2, 0.25) is 0 Å². The molecule has 0 heterocycles. The third-order valence-corrected chi connectivity index (χ3v) is 1.19. The molecule has 0 aliphatic carbocycles. The number of hydrogen-bond acceptors (Lipinski definition) is 2. The van der Waals surface area contributed by atoms with Crippen LogP contribution in [0.3, 0.4) is 0 Å². The van der Waals surface area contributed by atoms with E-state index in [-0.39, 0.29) is 18.5 Å². The second kappa shape index (κ2) is 5.10. The van der Waals surface area contributed by atoms with Crippen molar-refractivity contribution in [1.29, 1.82) is 0 Å². The minimum Gasteiger partial charge on any atom is -0.478 e. The number of alkyl halides is 1. The first-order valence-corrected chi connectivity index (χ1v) is 3.40. The fraction of sp³-hybridized carbons (Fsp3) is 0.143. The molecule has 2 nitrogen and oxygen atoms in total. The van der Waals surface area contributed by atoms with E-state index in [1.807, 2.05) is 6.07 Å². The lowest BCUT2D eigenvalue weighted by Crippen LogP contribution is -1.90. The molecule has 0 aliphatic heterocycles. The van der Waals surface area contributed by atoms with Crippen molar-refractivity contribution in [2.24, 2.45) is 0 Å². The number of nitrogens with two attached hydrogens (primary N) is 1. The lowest BCUT2D eigenvalue weighted by atomic mass is 10.3. The summed E-state index contributed by atoms with van der Waals surface area (Å²) in [6.45, 7) is 0. The van der Waals surface area contributed by atoms with Crippen molar-refractivity contribution in [3.05, 3.63) is 24.3 Å². The Balaban J connectivity index is 0.000001000. The molecule has 0 bridgehead atoms. The van der Waals surface area contributed by atoms with Crippen LogP contribution in [0, 0.1) is 0 Å². The van der Waals surface area contributed by atoms with Gasteiger partial charge in [-0.15, -0.1) is 12.4 Å². The number of hydrogen-bond donors (Lipinski definition) is 1. The minimum atomic E-state index is 0. The lowest BCUT2D eigenvalue weighted by Gasteiger charge is -2.00. The molecule has 0 unspecified atom stereocenters. The third kappa shape index (κ3) is 3.35. The summed E-state index contributed by atoms with van der Waals surface area (Å²) in [7, 11) is 0. The zero-order chi connectivity index (χ0) is 7.40. The molecule has 1 rings (SSSR count). The largest absolute Gasteiger partial charge is 0.478 e. The van der Waals surface area contributed by atoms with E-state index in [0.29, 0.717) is 11.4 Å². The summed E-state index contributed by atoms with van der Waals surface area (Å²) in [5.41, 5.74) is 6.15. The Morgan fingerprint density at radius 3 is 2.73 bits per heavy atom. The monoisotopic (exact) mass is 193 g/mol. The normalized spacial score (nSPS) is 8.45. The summed E-state index contributed by atoms with van der Waals surface area (Å²) in [5, 5.41) is 0. The van der Waals surface area contributed by atoms with Crippen molar-refractivity contribution in [3.63, 3.8) is 0 Å². The highest BCUT2D eigenvalue weighted by Gasteiger charge is 1.90. The topological polar surface area (TPSA) is 35.2 Å². The van der Waals surface area contributed by atoms with Gasteiger partial charge in [0.15, 0.2) is 6.07 Å². The fourth-order valence-electron chi connectivity index (χ4n) is 0.667. The summed E-state index contributed by atoms with van der Waals surface area (Å²) in [5.74, 6) is 0.704. The molecule has 11 heavy (non-hydrogen) atoms. The second-order valence-electron chi connectivity index (χ2n) is 1.83. The van der Waals surface area contributed by atoms with Gasteiger partial charge in [0, 0.05) is 11.8 Å². The highest BCUT2D eigenvalue weighted by molar-refractivity contribution is 6.17. The highest BCUT2D eigenvalue weighted by atomic mass is 35.5. The van der Waals surface area contributed by atoms with Crippen LogP contribution in [-0.4, -0.2) is 6.07 Å². The summed E-state index contributed by atoms with van der Waals surface area (Å²) in [4.78, 5) is 0. The highest BCUT2D eigenvalue weighted by Crippen LogP contribution is 2.14. The molecule has 0 aliphatic rings. The van der Waals surface area contributed by atoms with Gasteiger partial charge < -0.3 is 10.5 Å². The first kappa shape index (κ1) is 10.4. The molecular weight excluding hydrogens is 185 g/mol. The SMILES string of the molecule is Cl.Nc1cccc(OCCl)c1. The van der Waals surface area contributed by atoms with E-state index in [2.05, 4.69) is 0 Å². The van der Waals surface area contributed by atoms with Crippen LogP contribution < -0.4 is 10.5 Å².